The molecule has 0 aliphatic rings. The van der Waals surface area contributed by atoms with Gasteiger partial charge in [-0.2, -0.15) is 0 Å². The van der Waals surface area contributed by atoms with Gasteiger partial charge in [0.05, 0.1) is 6.04 Å². The molecular formula is C20H21N3O. The molecule has 3 aromatic rings. The zero-order valence-corrected chi connectivity index (χ0v) is 13.9. The summed E-state index contributed by atoms with van der Waals surface area (Å²) in [4.78, 5) is 18.1. The zero-order chi connectivity index (χ0) is 16.9. The summed E-state index contributed by atoms with van der Waals surface area (Å²) in [6.07, 6.45) is 3.47. The van der Waals surface area contributed by atoms with Crippen LogP contribution in [0.1, 0.15) is 24.1 Å². The van der Waals surface area contributed by atoms with E-state index in [0.29, 0.717) is 6.54 Å². The van der Waals surface area contributed by atoms with Crippen molar-refractivity contribution in [2.45, 2.75) is 19.5 Å². The van der Waals surface area contributed by atoms with Gasteiger partial charge in [0.15, 0.2) is 0 Å². The first kappa shape index (κ1) is 16.0. The molecule has 122 valence electrons. The summed E-state index contributed by atoms with van der Waals surface area (Å²) in [5, 5.41) is 5.41. The second-order valence-electron chi connectivity index (χ2n) is 5.99. The van der Waals surface area contributed by atoms with Crippen LogP contribution in [-0.2, 0) is 6.54 Å². The van der Waals surface area contributed by atoms with Crippen LogP contribution in [0.2, 0.25) is 0 Å². The largest absolute Gasteiger partial charge is 0.331 e. The van der Waals surface area contributed by atoms with Gasteiger partial charge in [0.1, 0.15) is 0 Å². The number of carbonyl (C=O) groups excluding carboxylic acids is 1. The summed E-state index contributed by atoms with van der Waals surface area (Å²) >= 11 is 0. The number of amides is 2. The third-order valence-corrected chi connectivity index (χ3v) is 4.13. The fourth-order valence-electron chi connectivity index (χ4n) is 2.71. The van der Waals surface area contributed by atoms with Gasteiger partial charge in [-0.1, -0.05) is 36.4 Å². The third-order valence-electron chi connectivity index (χ3n) is 4.13. The molecule has 1 N–H and O–H groups in total. The molecule has 0 saturated heterocycles. The lowest BCUT2D eigenvalue weighted by Crippen LogP contribution is -2.38. The van der Waals surface area contributed by atoms with Gasteiger partial charge in [0, 0.05) is 26.0 Å². The molecule has 0 bridgehead atoms. The van der Waals surface area contributed by atoms with E-state index >= 15 is 0 Å². The Kier molecular flexibility index (Phi) is 4.75. The van der Waals surface area contributed by atoms with Crippen LogP contribution in [0.4, 0.5) is 4.79 Å². The number of urea groups is 1. The summed E-state index contributed by atoms with van der Waals surface area (Å²) in [5.41, 5.74) is 2.15. The molecular weight excluding hydrogens is 298 g/mol. The highest BCUT2D eigenvalue weighted by molar-refractivity contribution is 5.83. The number of carbonyl (C=O) groups is 1. The summed E-state index contributed by atoms with van der Waals surface area (Å²) in [6, 6.07) is 18.2. The van der Waals surface area contributed by atoms with Crippen molar-refractivity contribution in [3.63, 3.8) is 0 Å². The lowest BCUT2D eigenvalue weighted by atomic mass is 10.1. The van der Waals surface area contributed by atoms with E-state index in [1.54, 1.807) is 17.3 Å². The number of aromatic nitrogens is 1. The number of hydrogen-bond donors (Lipinski definition) is 1. The molecule has 0 aliphatic carbocycles. The van der Waals surface area contributed by atoms with Crippen molar-refractivity contribution in [2.24, 2.45) is 0 Å². The van der Waals surface area contributed by atoms with Crippen LogP contribution in [0.3, 0.4) is 0 Å². The van der Waals surface area contributed by atoms with Gasteiger partial charge in [-0.15, -0.1) is 0 Å². The third kappa shape index (κ3) is 3.71. The molecule has 1 heterocycles. The van der Waals surface area contributed by atoms with E-state index in [1.807, 2.05) is 38.2 Å². The smallest absolute Gasteiger partial charge is 0.317 e. The fourth-order valence-corrected chi connectivity index (χ4v) is 2.71. The maximum Gasteiger partial charge on any atom is 0.317 e. The van der Waals surface area contributed by atoms with E-state index in [9.17, 15) is 4.79 Å². The van der Waals surface area contributed by atoms with E-state index in [1.165, 1.54) is 10.8 Å². The van der Waals surface area contributed by atoms with Gasteiger partial charge >= 0.3 is 6.03 Å². The van der Waals surface area contributed by atoms with Gasteiger partial charge in [0.2, 0.25) is 0 Å². The first-order chi connectivity index (χ1) is 11.6. The lowest BCUT2D eigenvalue weighted by molar-refractivity contribution is 0.203. The molecule has 0 radical (unpaired) electrons. The van der Waals surface area contributed by atoms with Crippen molar-refractivity contribution < 1.29 is 4.79 Å². The lowest BCUT2D eigenvalue weighted by Gasteiger charge is -2.22. The van der Waals surface area contributed by atoms with Crippen LogP contribution in [0, 0.1) is 0 Å². The van der Waals surface area contributed by atoms with Gasteiger partial charge in [-0.05, 0) is 47.0 Å². The number of pyridine rings is 1. The Hall–Kier alpha value is -2.88. The maximum atomic E-state index is 12.4. The molecule has 2 amide bonds. The molecule has 0 spiro atoms. The predicted octanol–water partition coefficient (Wildman–Crippen LogP) is 4.14. The molecule has 24 heavy (non-hydrogen) atoms. The summed E-state index contributed by atoms with van der Waals surface area (Å²) < 4.78 is 0. The minimum absolute atomic E-state index is 0.0560. The second kappa shape index (κ2) is 7.13. The monoisotopic (exact) mass is 319 g/mol. The Morgan fingerprint density at radius 3 is 2.54 bits per heavy atom. The van der Waals surface area contributed by atoms with Crippen molar-refractivity contribution in [3.8, 4) is 0 Å². The fraction of sp³-hybridized carbons (Fsp3) is 0.200. The predicted molar refractivity (Wildman–Crippen MR) is 96.6 cm³/mol. The Morgan fingerprint density at radius 1 is 1.08 bits per heavy atom. The number of benzene rings is 2. The molecule has 0 saturated carbocycles. The first-order valence-electron chi connectivity index (χ1n) is 8.03. The van der Waals surface area contributed by atoms with Gasteiger partial charge in [-0.3, -0.25) is 4.98 Å². The number of rotatable bonds is 4. The molecule has 4 nitrogen and oxygen atoms in total. The molecule has 2 aromatic carbocycles. The Bertz CT molecular complexity index is 832. The van der Waals surface area contributed by atoms with E-state index in [-0.39, 0.29) is 12.1 Å². The van der Waals surface area contributed by atoms with Crippen LogP contribution in [0.15, 0.2) is 67.0 Å². The second-order valence-corrected chi connectivity index (χ2v) is 5.99. The minimum atomic E-state index is -0.0903. The van der Waals surface area contributed by atoms with Crippen molar-refractivity contribution in [2.75, 3.05) is 7.05 Å². The quantitative estimate of drug-likeness (QED) is 0.785. The van der Waals surface area contributed by atoms with E-state index in [4.69, 9.17) is 0 Å². The van der Waals surface area contributed by atoms with E-state index in [0.717, 1.165) is 11.1 Å². The molecule has 4 heteroatoms. The minimum Gasteiger partial charge on any atom is -0.331 e. The Morgan fingerprint density at radius 2 is 1.79 bits per heavy atom. The standard InChI is InChI=1S/C20H21N3O/c1-15(17-9-11-21-12-10-17)22-20(24)23(2)14-16-7-8-18-5-3-4-6-19(18)13-16/h3-13,15H,14H2,1-2H3,(H,22,24). The zero-order valence-electron chi connectivity index (χ0n) is 13.9. The summed E-state index contributed by atoms with van der Waals surface area (Å²) in [5.74, 6) is 0. The SMILES string of the molecule is CC(NC(=O)N(C)Cc1ccc2ccccc2c1)c1ccncc1. The number of fused-ring (bicyclic) bond motifs is 1. The highest BCUT2D eigenvalue weighted by Gasteiger charge is 2.13. The highest BCUT2D eigenvalue weighted by atomic mass is 16.2. The van der Waals surface area contributed by atoms with E-state index < -0.39 is 0 Å². The van der Waals surface area contributed by atoms with Crippen LogP contribution >= 0.6 is 0 Å². The van der Waals surface area contributed by atoms with E-state index in [2.05, 4.69) is 40.6 Å². The average molecular weight is 319 g/mol. The van der Waals surface area contributed by atoms with Crippen LogP contribution in [-0.4, -0.2) is 23.0 Å². The van der Waals surface area contributed by atoms with Crippen molar-refractivity contribution in [3.05, 3.63) is 78.1 Å². The molecule has 0 fully saturated rings. The van der Waals surface area contributed by atoms with Gasteiger partial charge < -0.3 is 10.2 Å². The van der Waals surface area contributed by atoms with Gasteiger partial charge in [0.25, 0.3) is 0 Å². The topological polar surface area (TPSA) is 45.2 Å². The number of nitrogens with one attached hydrogen (secondary N) is 1. The molecule has 1 aromatic heterocycles. The summed E-state index contributed by atoms with van der Waals surface area (Å²) in [7, 11) is 1.81. The molecule has 3 rings (SSSR count). The first-order valence-corrected chi connectivity index (χ1v) is 8.03. The molecule has 1 unspecified atom stereocenters. The van der Waals surface area contributed by atoms with Crippen LogP contribution in [0.5, 0.6) is 0 Å². The number of nitrogens with zero attached hydrogens (tertiary/aromatic N) is 2. The molecule has 0 aliphatic heterocycles. The Labute approximate surface area is 142 Å². The van der Waals surface area contributed by atoms with Gasteiger partial charge in [-0.25, -0.2) is 4.79 Å². The van der Waals surface area contributed by atoms with Crippen LogP contribution < -0.4 is 5.32 Å². The highest BCUT2D eigenvalue weighted by Crippen LogP contribution is 2.17. The van der Waals surface area contributed by atoms with Crippen molar-refractivity contribution >= 4 is 16.8 Å². The summed E-state index contributed by atoms with van der Waals surface area (Å²) in [6.45, 7) is 2.54. The van der Waals surface area contributed by atoms with Crippen molar-refractivity contribution in [1.82, 2.24) is 15.2 Å². The number of hydrogen-bond acceptors (Lipinski definition) is 2. The molecule has 1 atom stereocenters. The van der Waals surface area contributed by atoms with Crippen molar-refractivity contribution in [1.29, 1.82) is 0 Å². The van der Waals surface area contributed by atoms with Crippen LogP contribution in [0.25, 0.3) is 10.8 Å². The normalized spacial score (nSPS) is 11.9. The maximum absolute atomic E-state index is 12.4. The Balaban J connectivity index is 1.64. The average Bonchev–Trinajstić information content (AvgIpc) is 2.62.